The van der Waals surface area contributed by atoms with Crippen molar-refractivity contribution in [1.29, 1.82) is 0 Å². The highest BCUT2D eigenvalue weighted by molar-refractivity contribution is 5.15. The van der Waals surface area contributed by atoms with Crippen LogP contribution in [0.25, 0.3) is 0 Å². The standard InChI is InChI=1S/C14H24O3/c1-5-17-9-8-14(15)10-13(12(3)16-4)7-6-11(14)2/h11-13,15H,5-7,10H2,1-4H3/t11-,12+,13-,14+/m1/s1. The average molecular weight is 240 g/mol. The average Bonchev–Trinajstić information content (AvgIpc) is 2.32. The van der Waals surface area contributed by atoms with E-state index in [1.54, 1.807) is 7.11 Å². The van der Waals surface area contributed by atoms with E-state index in [2.05, 4.69) is 19.0 Å². The van der Waals surface area contributed by atoms with Gasteiger partial charge in [-0.25, -0.2) is 0 Å². The summed E-state index contributed by atoms with van der Waals surface area (Å²) in [6.45, 7) is 6.54. The normalized spacial score (nSPS) is 34.6. The zero-order valence-corrected chi connectivity index (χ0v) is 11.3. The van der Waals surface area contributed by atoms with Crippen LogP contribution in [-0.2, 0) is 9.47 Å². The number of aliphatic hydroxyl groups is 1. The molecule has 3 nitrogen and oxygen atoms in total. The van der Waals surface area contributed by atoms with Crippen LogP contribution in [-0.4, -0.2) is 30.5 Å². The van der Waals surface area contributed by atoms with Crippen molar-refractivity contribution in [3.8, 4) is 12.0 Å². The summed E-state index contributed by atoms with van der Waals surface area (Å²) in [6.07, 6.45) is 5.53. The molecule has 0 unspecified atom stereocenters. The molecule has 3 heteroatoms. The van der Waals surface area contributed by atoms with E-state index in [0.29, 0.717) is 18.9 Å². The van der Waals surface area contributed by atoms with E-state index in [-0.39, 0.29) is 12.0 Å². The minimum Gasteiger partial charge on any atom is -0.447 e. The maximum Gasteiger partial charge on any atom is 0.131 e. The van der Waals surface area contributed by atoms with E-state index < -0.39 is 5.60 Å². The fourth-order valence-electron chi connectivity index (χ4n) is 2.37. The first-order valence-electron chi connectivity index (χ1n) is 6.42. The molecule has 0 aromatic rings. The van der Waals surface area contributed by atoms with Gasteiger partial charge in [0, 0.05) is 7.11 Å². The van der Waals surface area contributed by atoms with E-state index in [4.69, 9.17) is 9.47 Å². The number of hydrogen-bond acceptors (Lipinski definition) is 3. The Morgan fingerprint density at radius 1 is 1.47 bits per heavy atom. The van der Waals surface area contributed by atoms with Crippen LogP contribution in [0.2, 0.25) is 0 Å². The lowest BCUT2D eigenvalue weighted by molar-refractivity contribution is -0.0474. The quantitative estimate of drug-likeness (QED) is 0.769. The predicted octanol–water partition coefficient (Wildman–Crippen LogP) is 2.19. The monoisotopic (exact) mass is 240 g/mol. The largest absolute Gasteiger partial charge is 0.447 e. The summed E-state index contributed by atoms with van der Waals surface area (Å²) in [5.74, 6) is 3.45. The number of ether oxygens (including phenoxy) is 2. The molecule has 0 saturated heterocycles. The van der Waals surface area contributed by atoms with Crippen LogP contribution in [0.4, 0.5) is 0 Å². The zero-order valence-electron chi connectivity index (χ0n) is 11.3. The third-order valence-electron chi connectivity index (χ3n) is 3.88. The molecule has 0 aromatic heterocycles. The van der Waals surface area contributed by atoms with Gasteiger partial charge in [-0.3, -0.25) is 0 Å². The second-order valence-electron chi connectivity index (χ2n) is 4.97. The molecule has 1 fully saturated rings. The Morgan fingerprint density at radius 2 is 2.18 bits per heavy atom. The molecule has 1 rings (SSSR count). The van der Waals surface area contributed by atoms with Crippen LogP contribution in [0.1, 0.15) is 40.0 Å². The predicted molar refractivity (Wildman–Crippen MR) is 67.3 cm³/mol. The van der Waals surface area contributed by atoms with E-state index in [0.717, 1.165) is 12.8 Å². The van der Waals surface area contributed by atoms with Crippen molar-refractivity contribution in [2.24, 2.45) is 11.8 Å². The lowest BCUT2D eigenvalue weighted by atomic mass is 9.70. The summed E-state index contributed by atoms with van der Waals surface area (Å²) in [7, 11) is 1.72. The summed E-state index contributed by atoms with van der Waals surface area (Å²) in [4.78, 5) is 0. The maximum absolute atomic E-state index is 10.6. The van der Waals surface area contributed by atoms with E-state index >= 15 is 0 Å². The molecule has 0 bridgehead atoms. The number of methoxy groups -OCH3 is 1. The topological polar surface area (TPSA) is 38.7 Å². The minimum absolute atomic E-state index is 0.169. The van der Waals surface area contributed by atoms with Crippen molar-refractivity contribution in [2.75, 3.05) is 13.7 Å². The second kappa shape index (κ2) is 6.28. The molecular weight excluding hydrogens is 216 g/mol. The fraction of sp³-hybridized carbons (Fsp3) is 0.857. The van der Waals surface area contributed by atoms with Crippen molar-refractivity contribution < 1.29 is 14.6 Å². The third kappa shape index (κ3) is 3.62. The van der Waals surface area contributed by atoms with Crippen molar-refractivity contribution >= 4 is 0 Å². The van der Waals surface area contributed by atoms with Crippen LogP contribution in [0.15, 0.2) is 0 Å². The summed E-state index contributed by atoms with van der Waals surface area (Å²) in [5.41, 5.74) is -0.926. The van der Waals surface area contributed by atoms with Crippen LogP contribution in [0, 0.1) is 23.9 Å². The van der Waals surface area contributed by atoms with Gasteiger partial charge in [-0.1, -0.05) is 6.92 Å². The van der Waals surface area contributed by atoms with Gasteiger partial charge in [-0.15, -0.1) is 0 Å². The lowest BCUT2D eigenvalue weighted by Crippen LogP contribution is -2.43. The zero-order chi connectivity index (χ0) is 12.9. The Bertz CT molecular complexity index is 292. The molecule has 1 saturated carbocycles. The van der Waals surface area contributed by atoms with E-state index in [9.17, 15) is 5.11 Å². The summed E-state index contributed by atoms with van der Waals surface area (Å²) in [6, 6.07) is 0. The van der Waals surface area contributed by atoms with Crippen molar-refractivity contribution in [3.63, 3.8) is 0 Å². The van der Waals surface area contributed by atoms with Gasteiger partial charge >= 0.3 is 0 Å². The smallest absolute Gasteiger partial charge is 0.131 e. The molecule has 17 heavy (non-hydrogen) atoms. The van der Waals surface area contributed by atoms with Crippen molar-refractivity contribution in [1.82, 2.24) is 0 Å². The molecule has 1 N–H and O–H groups in total. The molecule has 0 amide bonds. The Kier molecular flexibility index (Phi) is 5.30. The van der Waals surface area contributed by atoms with E-state index in [1.165, 1.54) is 0 Å². The molecule has 0 aliphatic heterocycles. The van der Waals surface area contributed by atoms with Gasteiger partial charge in [0.1, 0.15) is 11.7 Å². The summed E-state index contributed by atoms with van der Waals surface area (Å²) in [5, 5.41) is 10.6. The third-order valence-corrected chi connectivity index (χ3v) is 3.88. The molecular formula is C14H24O3. The van der Waals surface area contributed by atoms with Crippen molar-refractivity contribution in [3.05, 3.63) is 0 Å². The minimum atomic E-state index is -0.926. The van der Waals surface area contributed by atoms with Crippen molar-refractivity contribution in [2.45, 2.75) is 51.7 Å². The highest BCUT2D eigenvalue weighted by Crippen LogP contribution is 2.38. The molecule has 0 radical (unpaired) electrons. The molecule has 1 aliphatic rings. The lowest BCUT2D eigenvalue weighted by Gasteiger charge is -2.40. The van der Waals surface area contributed by atoms with Gasteiger partial charge < -0.3 is 14.6 Å². The van der Waals surface area contributed by atoms with Gasteiger partial charge in [0.15, 0.2) is 0 Å². The first kappa shape index (κ1) is 14.3. The number of hydrogen-bond donors (Lipinski definition) is 1. The molecule has 1 aliphatic carbocycles. The first-order valence-corrected chi connectivity index (χ1v) is 6.42. The molecule has 0 aromatic carbocycles. The highest BCUT2D eigenvalue weighted by Gasteiger charge is 2.40. The van der Waals surface area contributed by atoms with Gasteiger partial charge in [0.25, 0.3) is 0 Å². The van der Waals surface area contributed by atoms with Gasteiger partial charge in [-0.05, 0) is 50.9 Å². The van der Waals surface area contributed by atoms with Gasteiger partial charge in [0.05, 0.1) is 12.7 Å². The summed E-state index contributed by atoms with van der Waals surface area (Å²) >= 11 is 0. The van der Waals surface area contributed by atoms with Gasteiger partial charge in [-0.2, -0.15) is 0 Å². The SMILES string of the molecule is CCOC#C[C@]1(O)C[C@H]([C@H](C)OC)CC[C@H]1C. The maximum atomic E-state index is 10.6. The molecule has 0 spiro atoms. The van der Waals surface area contributed by atoms with Gasteiger partial charge in [0.2, 0.25) is 0 Å². The Labute approximate surface area is 104 Å². The fourth-order valence-corrected chi connectivity index (χ4v) is 2.37. The van der Waals surface area contributed by atoms with Crippen LogP contribution >= 0.6 is 0 Å². The molecule has 4 atom stereocenters. The Morgan fingerprint density at radius 3 is 2.76 bits per heavy atom. The highest BCUT2D eigenvalue weighted by atomic mass is 16.5. The second-order valence-corrected chi connectivity index (χ2v) is 4.97. The molecule has 98 valence electrons. The number of rotatable bonds is 3. The first-order chi connectivity index (χ1) is 8.03. The Hall–Kier alpha value is -0.720. The van der Waals surface area contributed by atoms with Crippen LogP contribution < -0.4 is 0 Å². The van der Waals surface area contributed by atoms with Crippen LogP contribution in [0.5, 0.6) is 0 Å². The Balaban J connectivity index is 2.71. The van der Waals surface area contributed by atoms with E-state index in [1.807, 2.05) is 13.8 Å². The summed E-state index contributed by atoms with van der Waals surface area (Å²) < 4.78 is 10.4. The van der Waals surface area contributed by atoms with Crippen LogP contribution in [0.3, 0.4) is 0 Å². The molecule has 0 heterocycles.